The first-order valence-corrected chi connectivity index (χ1v) is 10.6. The van der Waals surface area contributed by atoms with Gasteiger partial charge in [0.15, 0.2) is 0 Å². The van der Waals surface area contributed by atoms with E-state index in [1.807, 2.05) is 0 Å². The molecular formula is C20H20FN3O4S. The van der Waals surface area contributed by atoms with Crippen molar-refractivity contribution < 1.29 is 12.8 Å². The van der Waals surface area contributed by atoms with E-state index >= 15 is 0 Å². The standard InChI is InChI=1S/C20H20FN3O4S/c1-22-17-10-9-15(12-18(17)23(2)20(26)19(22)25)29(27,28)24-11-3-4-16(24)13-5-7-14(21)8-6-13/h5-10,12,16H,3-4,11H2,1-2H3/t16-/m0/s1. The van der Waals surface area contributed by atoms with Gasteiger partial charge < -0.3 is 9.13 Å². The van der Waals surface area contributed by atoms with Gasteiger partial charge in [0.1, 0.15) is 5.82 Å². The van der Waals surface area contributed by atoms with Crippen LogP contribution in [0.1, 0.15) is 24.4 Å². The van der Waals surface area contributed by atoms with Gasteiger partial charge in [-0.2, -0.15) is 4.31 Å². The molecule has 3 aromatic rings. The van der Waals surface area contributed by atoms with Crippen LogP contribution in [0.25, 0.3) is 11.0 Å². The van der Waals surface area contributed by atoms with Crippen molar-refractivity contribution in [2.75, 3.05) is 6.54 Å². The molecule has 0 aliphatic carbocycles. The first-order chi connectivity index (χ1) is 13.7. The third kappa shape index (κ3) is 3.10. The molecule has 1 saturated heterocycles. The van der Waals surface area contributed by atoms with E-state index in [-0.39, 0.29) is 16.8 Å². The summed E-state index contributed by atoms with van der Waals surface area (Å²) in [7, 11) is -0.932. The molecule has 0 bridgehead atoms. The van der Waals surface area contributed by atoms with Crippen molar-refractivity contribution in [2.45, 2.75) is 23.8 Å². The van der Waals surface area contributed by atoms with Crippen LogP contribution in [0.2, 0.25) is 0 Å². The summed E-state index contributed by atoms with van der Waals surface area (Å²) in [6, 6.07) is 9.89. The molecule has 7 nitrogen and oxygen atoms in total. The predicted molar refractivity (Wildman–Crippen MR) is 107 cm³/mol. The minimum atomic E-state index is -3.85. The summed E-state index contributed by atoms with van der Waals surface area (Å²) in [6.45, 7) is 0.356. The largest absolute Gasteiger partial charge is 0.316 e. The first-order valence-electron chi connectivity index (χ1n) is 9.19. The molecule has 2 heterocycles. The van der Waals surface area contributed by atoms with E-state index in [1.54, 1.807) is 12.1 Å². The highest BCUT2D eigenvalue weighted by Gasteiger charge is 2.36. The van der Waals surface area contributed by atoms with Gasteiger partial charge in [-0.3, -0.25) is 9.59 Å². The zero-order chi connectivity index (χ0) is 20.9. The Morgan fingerprint density at radius 2 is 1.55 bits per heavy atom. The highest BCUT2D eigenvalue weighted by molar-refractivity contribution is 7.89. The number of rotatable bonds is 3. The molecule has 0 unspecified atom stereocenters. The number of fused-ring (bicyclic) bond motifs is 1. The van der Waals surface area contributed by atoms with Crippen LogP contribution in [0, 0.1) is 5.82 Å². The van der Waals surface area contributed by atoms with Crippen molar-refractivity contribution in [3.63, 3.8) is 0 Å². The summed E-state index contributed by atoms with van der Waals surface area (Å²) in [4.78, 5) is 24.2. The molecular weight excluding hydrogens is 397 g/mol. The van der Waals surface area contributed by atoms with Crippen molar-refractivity contribution in [2.24, 2.45) is 14.1 Å². The van der Waals surface area contributed by atoms with Gasteiger partial charge in [0, 0.05) is 20.6 Å². The lowest BCUT2D eigenvalue weighted by Gasteiger charge is -2.25. The third-order valence-electron chi connectivity index (χ3n) is 5.53. The molecule has 1 aromatic heterocycles. The summed E-state index contributed by atoms with van der Waals surface area (Å²) in [5.41, 5.74) is 0.165. The van der Waals surface area contributed by atoms with E-state index in [4.69, 9.17) is 0 Å². The van der Waals surface area contributed by atoms with E-state index in [0.717, 1.165) is 10.1 Å². The van der Waals surface area contributed by atoms with Crippen molar-refractivity contribution in [1.29, 1.82) is 0 Å². The lowest BCUT2D eigenvalue weighted by molar-refractivity contribution is 0.396. The molecule has 0 amide bonds. The van der Waals surface area contributed by atoms with Crippen LogP contribution in [0.15, 0.2) is 56.9 Å². The number of benzene rings is 2. The Balaban J connectivity index is 1.83. The van der Waals surface area contributed by atoms with Gasteiger partial charge in [-0.05, 0) is 48.7 Å². The molecule has 0 saturated carbocycles. The number of nitrogens with zero attached hydrogens (tertiary/aromatic N) is 3. The van der Waals surface area contributed by atoms with Gasteiger partial charge in [-0.15, -0.1) is 0 Å². The first kappa shape index (κ1) is 19.5. The smallest absolute Gasteiger partial charge is 0.305 e. The van der Waals surface area contributed by atoms with Crippen LogP contribution in [0.5, 0.6) is 0 Å². The molecule has 1 aliphatic heterocycles. The second-order valence-electron chi connectivity index (χ2n) is 7.20. The molecule has 0 radical (unpaired) electrons. The predicted octanol–water partition coefficient (Wildman–Crippen LogP) is 1.90. The van der Waals surface area contributed by atoms with Crippen molar-refractivity contribution in [3.8, 4) is 0 Å². The zero-order valence-corrected chi connectivity index (χ0v) is 16.8. The second-order valence-corrected chi connectivity index (χ2v) is 9.09. The Morgan fingerprint density at radius 3 is 2.21 bits per heavy atom. The fraction of sp³-hybridized carbons (Fsp3) is 0.300. The Kier molecular flexibility index (Phi) is 4.66. The summed E-state index contributed by atoms with van der Waals surface area (Å²) in [5.74, 6) is -0.373. The summed E-state index contributed by atoms with van der Waals surface area (Å²) in [5, 5.41) is 0. The molecule has 0 spiro atoms. The fourth-order valence-corrected chi connectivity index (χ4v) is 5.61. The quantitative estimate of drug-likeness (QED) is 0.610. The number of sulfonamides is 1. The highest BCUT2D eigenvalue weighted by atomic mass is 32.2. The van der Waals surface area contributed by atoms with Crippen LogP contribution in [-0.4, -0.2) is 28.4 Å². The van der Waals surface area contributed by atoms with Crippen molar-refractivity contribution in [3.05, 3.63) is 74.6 Å². The Morgan fingerprint density at radius 1 is 0.931 bits per heavy atom. The number of aromatic nitrogens is 2. The number of hydrogen-bond acceptors (Lipinski definition) is 4. The molecule has 29 heavy (non-hydrogen) atoms. The van der Waals surface area contributed by atoms with Crippen molar-refractivity contribution in [1.82, 2.24) is 13.4 Å². The normalized spacial score (nSPS) is 17.8. The van der Waals surface area contributed by atoms with Crippen LogP contribution in [0.4, 0.5) is 4.39 Å². The SMILES string of the molecule is Cn1c(=O)c(=O)n(C)c2cc(S(=O)(=O)N3CCC[C@H]3c3ccc(F)cc3)ccc21. The van der Waals surface area contributed by atoms with Gasteiger partial charge in [0.2, 0.25) is 10.0 Å². The maximum absolute atomic E-state index is 13.4. The zero-order valence-electron chi connectivity index (χ0n) is 16.0. The Labute approximate surface area is 166 Å². The molecule has 1 fully saturated rings. The van der Waals surface area contributed by atoms with Gasteiger partial charge in [0.25, 0.3) is 0 Å². The molecule has 2 aromatic carbocycles. The molecule has 9 heteroatoms. The number of halogens is 1. The van der Waals surface area contributed by atoms with Crippen LogP contribution >= 0.6 is 0 Å². The maximum Gasteiger partial charge on any atom is 0.316 e. The number of hydrogen-bond donors (Lipinski definition) is 0. The molecule has 152 valence electrons. The van der Waals surface area contributed by atoms with Gasteiger partial charge >= 0.3 is 11.1 Å². The lowest BCUT2D eigenvalue weighted by atomic mass is 10.1. The summed E-state index contributed by atoms with van der Waals surface area (Å²) >= 11 is 0. The molecule has 0 N–H and O–H groups in total. The van der Waals surface area contributed by atoms with E-state index < -0.39 is 21.1 Å². The fourth-order valence-electron chi connectivity index (χ4n) is 3.90. The average Bonchev–Trinajstić information content (AvgIpc) is 3.21. The molecule has 1 atom stereocenters. The van der Waals surface area contributed by atoms with Crippen LogP contribution in [0.3, 0.4) is 0 Å². The van der Waals surface area contributed by atoms with Crippen LogP contribution < -0.4 is 11.1 Å². The van der Waals surface area contributed by atoms with Gasteiger partial charge in [-0.1, -0.05) is 12.1 Å². The van der Waals surface area contributed by atoms with E-state index in [1.165, 1.54) is 53.3 Å². The number of aryl methyl sites for hydroxylation is 2. The topological polar surface area (TPSA) is 81.4 Å². The van der Waals surface area contributed by atoms with E-state index in [2.05, 4.69) is 0 Å². The lowest BCUT2D eigenvalue weighted by Crippen LogP contribution is -2.39. The second kappa shape index (κ2) is 6.93. The average molecular weight is 417 g/mol. The minimum absolute atomic E-state index is 0.0488. The van der Waals surface area contributed by atoms with Crippen molar-refractivity contribution >= 4 is 21.1 Å². The summed E-state index contributed by atoms with van der Waals surface area (Å²) < 4.78 is 43.8. The van der Waals surface area contributed by atoms with E-state index in [9.17, 15) is 22.4 Å². The Hall–Kier alpha value is -2.78. The minimum Gasteiger partial charge on any atom is -0.305 e. The molecule has 1 aliphatic rings. The monoisotopic (exact) mass is 417 g/mol. The van der Waals surface area contributed by atoms with Gasteiger partial charge in [0.05, 0.1) is 22.0 Å². The van der Waals surface area contributed by atoms with Crippen LogP contribution in [-0.2, 0) is 24.1 Å². The summed E-state index contributed by atoms with van der Waals surface area (Å²) in [6.07, 6.45) is 1.34. The molecule has 4 rings (SSSR count). The van der Waals surface area contributed by atoms with Gasteiger partial charge in [-0.25, -0.2) is 12.8 Å². The van der Waals surface area contributed by atoms with E-state index in [0.29, 0.717) is 30.4 Å². The highest BCUT2D eigenvalue weighted by Crippen LogP contribution is 2.36. The Bertz CT molecular complexity index is 1330. The third-order valence-corrected chi connectivity index (χ3v) is 7.43. The maximum atomic E-state index is 13.4.